The number of ether oxygens (including phenoxy) is 2. The van der Waals surface area contributed by atoms with Gasteiger partial charge in [-0.3, -0.25) is 9.59 Å². The third kappa shape index (κ3) is 3.10. The van der Waals surface area contributed by atoms with Gasteiger partial charge in [0.15, 0.2) is 5.78 Å². The van der Waals surface area contributed by atoms with Crippen LogP contribution in [0.25, 0.3) is 0 Å². The summed E-state index contributed by atoms with van der Waals surface area (Å²) in [6.07, 6.45) is 0.472. The van der Waals surface area contributed by atoms with Crippen molar-refractivity contribution >= 4 is 11.8 Å². The van der Waals surface area contributed by atoms with Crippen molar-refractivity contribution in [3.05, 3.63) is 23.8 Å². The van der Waals surface area contributed by atoms with Gasteiger partial charge in [-0.1, -0.05) is 0 Å². The van der Waals surface area contributed by atoms with Gasteiger partial charge in [0.05, 0.1) is 18.6 Å². The number of carboxylic acid groups (broad SMARTS) is 1. The molecule has 0 spiro atoms. The monoisotopic (exact) mass is 278 g/mol. The number of carbonyl (C=O) groups is 2. The van der Waals surface area contributed by atoms with E-state index in [0.717, 1.165) is 0 Å². The lowest BCUT2D eigenvalue weighted by Gasteiger charge is -2.34. The number of carboxylic acids is 1. The smallest absolute Gasteiger partial charge is 0.303 e. The van der Waals surface area contributed by atoms with Crippen molar-refractivity contribution in [1.29, 1.82) is 0 Å². The number of rotatable bonds is 5. The van der Waals surface area contributed by atoms with Crippen LogP contribution >= 0.6 is 0 Å². The van der Waals surface area contributed by atoms with E-state index in [9.17, 15) is 9.59 Å². The van der Waals surface area contributed by atoms with Crippen LogP contribution in [0.15, 0.2) is 18.2 Å². The van der Waals surface area contributed by atoms with Gasteiger partial charge in [-0.2, -0.15) is 0 Å². The quantitative estimate of drug-likeness (QED) is 0.896. The molecule has 0 amide bonds. The Kier molecular flexibility index (Phi) is 3.97. The molecule has 0 radical (unpaired) electrons. The van der Waals surface area contributed by atoms with Crippen LogP contribution < -0.4 is 9.47 Å². The van der Waals surface area contributed by atoms with E-state index in [2.05, 4.69) is 0 Å². The number of aliphatic carboxylic acids is 1. The molecule has 5 nitrogen and oxygen atoms in total. The molecule has 0 aliphatic carbocycles. The zero-order valence-electron chi connectivity index (χ0n) is 11.6. The van der Waals surface area contributed by atoms with Gasteiger partial charge >= 0.3 is 5.97 Å². The fourth-order valence-electron chi connectivity index (χ4n) is 2.32. The Morgan fingerprint density at radius 2 is 2.25 bits per heavy atom. The standard InChI is InChI=1S/C15H18O5/c1-3-19-10-4-5-13-11(8-10)12(16)9-15(2,20-13)7-6-14(17)18/h4-5,8H,3,6-7,9H2,1-2H3,(H,17,18). The normalized spacial score (nSPS) is 21.0. The zero-order chi connectivity index (χ0) is 14.8. The maximum absolute atomic E-state index is 12.2. The number of benzene rings is 1. The summed E-state index contributed by atoms with van der Waals surface area (Å²) >= 11 is 0. The van der Waals surface area contributed by atoms with Crippen molar-refractivity contribution in [2.24, 2.45) is 0 Å². The third-order valence-electron chi connectivity index (χ3n) is 3.32. The number of hydrogen-bond acceptors (Lipinski definition) is 4. The lowest BCUT2D eigenvalue weighted by atomic mass is 9.88. The van der Waals surface area contributed by atoms with E-state index in [1.54, 1.807) is 25.1 Å². The largest absolute Gasteiger partial charge is 0.494 e. The highest BCUT2D eigenvalue weighted by molar-refractivity contribution is 6.00. The number of fused-ring (bicyclic) bond motifs is 1. The lowest BCUT2D eigenvalue weighted by Crippen LogP contribution is -2.39. The first-order valence-electron chi connectivity index (χ1n) is 6.64. The summed E-state index contributed by atoms with van der Waals surface area (Å²) in [4.78, 5) is 22.9. The van der Waals surface area contributed by atoms with Gasteiger partial charge in [0, 0.05) is 6.42 Å². The van der Waals surface area contributed by atoms with E-state index in [4.69, 9.17) is 14.6 Å². The van der Waals surface area contributed by atoms with Crippen LogP contribution in [0, 0.1) is 0 Å². The van der Waals surface area contributed by atoms with Crippen molar-refractivity contribution < 1.29 is 24.2 Å². The van der Waals surface area contributed by atoms with E-state index in [0.29, 0.717) is 30.1 Å². The molecule has 1 aliphatic heterocycles. The Balaban J connectivity index is 2.21. The van der Waals surface area contributed by atoms with E-state index >= 15 is 0 Å². The van der Waals surface area contributed by atoms with Gasteiger partial charge in [0.1, 0.15) is 17.1 Å². The number of carbonyl (C=O) groups excluding carboxylic acids is 1. The second kappa shape index (κ2) is 5.53. The average molecular weight is 278 g/mol. The van der Waals surface area contributed by atoms with Gasteiger partial charge in [0.25, 0.3) is 0 Å². The number of ketones is 1. The summed E-state index contributed by atoms with van der Waals surface area (Å²) in [6.45, 7) is 4.18. The third-order valence-corrected chi connectivity index (χ3v) is 3.32. The molecule has 1 aliphatic rings. The summed E-state index contributed by atoms with van der Waals surface area (Å²) in [6, 6.07) is 5.13. The van der Waals surface area contributed by atoms with Crippen molar-refractivity contribution in [2.45, 2.75) is 38.7 Å². The fourth-order valence-corrected chi connectivity index (χ4v) is 2.32. The van der Waals surface area contributed by atoms with Crippen LogP contribution in [-0.2, 0) is 4.79 Å². The molecular weight excluding hydrogens is 260 g/mol. The highest BCUT2D eigenvalue weighted by Gasteiger charge is 2.36. The first kappa shape index (κ1) is 14.4. The lowest BCUT2D eigenvalue weighted by molar-refractivity contribution is -0.138. The molecule has 1 N–H and O–H groups in total. The molecule has 1 heterocycles. The van der Waals surface area contributed by atoms with Crippen LogP contribution in [0.3, 0.4) is 0 Å². The Hall–Kier alpha value is -2.04. The van der Waals surface area contributed by atoms with Crippen LogP contribution in [0.4, 0.5) is 0 Å². The maximum atomic E-state index is 12.2. The molecular formula is C15H18O5. The first-order valence-corrected chi connectivity index (χ1v) is 6.64. The summed E-state index contributed by atoms with van der Waals surface area (Å²) in [5, 5.41) is 8.76. The van der Waals surface area contributed by atoms with E-state index in [1.807, 2.05) is 6.92 Å². The predicted molar refractivity (Wildman–Crippen MR) is 72.5 cm³/mol. The molecule has 0 bridgehead atoms. The maximum Gasteiger partial charge on any atom is 0.303 e. The molecule has 1 aromatic carbocycles. The molecule has 5 heteroatoms. The number of hydrogen-bond donors (Lipinski definition) is 1. The number of Topliss-reactive ketones (excluding diaryl/α,β-unsaturated/α-hetero) is 1. The van der Waals surface area contributed by atoms with E-state index < -0.39 is 11.6 Å². The molecule has 1 aromatic rings. The van der Waals surface area contributed by atoms with Crippen LogP contribution in [-0.4, -0.2) is 29.1 Å². The summed E-state index contributed by atoms with van der Waals surface area (Å²) in [5.41, 5.74) is -0.251. The fraction of sp³-hybridized carbons (Fsp3) is 0.467. The summed E-state index contributed by atoms with van der Waals surface area (Å²) in [7, 11) is 0. The molecule has 0 saturated heterocycles. The molecule has 0 aromatic heterocycles. The molecule has 1 unspecified atom stereocenters. The molecule has 108 valence electrons. The van der Waals surface area contributed by atoms with Crippen LogP contribution in [0.2, 0.25) is 0 Å². The van der Waals surface area contributed by atoms with Crippen molar-refractivity contribution in [1.82, 2.24) is 0 Å². The first-order chi connectivity index (χ1) is 9.43. The minimum atomic E-state index is -0.889. The van der Waals surface area contributed by atoms with Gasteiger partial charge < -0.3 is 14.6 Å². The van der Waals surface area contributed by atoms with Crippen LogP contribution in [0.5, 0.6) is 11.5 Å². The second-order valence-corrected chi connectivity index (χ2v) is 5.14. The Morgan fingerprint density at radius 1 is 1.50 bits per heavy atom. The molecule has 0 fully saturated rings. The molecule has 20 heavy (non-hydrogen) atoms. The van der Waals surface area contributed by atoms with Gasteiger partial charge in [-0.15, -0.1) is 0 Å². The topological polar surface area (TPSA) is 72.8 Å². The van der Waals surface area contributed by atoms with E-state index in [1.165, 1.54) is 0 Å². The second-order valence-electron chi connectivity index (χ2n) is 5.14. The van der Waals surface area contributed by atoms with Gasteiger partial charge in [0.2, 0.25) is 0 Å². The Morgan fingerprint density at radius 3 is 2.90 bits per heavy atom. The molecule has 0 saturated carbocycles. The molecule has 1 atom stereocenters. The van der Waals surface area contributed by atoms with Crippen molar-refractivity contribution in [3.63, 3.8) is 0 Å². The summed E-state index contributed by atoms with van der Waals surface area (Å²) in [5.74, 6) is 0.204. The minimum absolute atomic E-state index is 0.0177. The predicted octanol–water partition coefficient (Wildman–Crippen LogP) is 2.67. The molecule has 2 rings (SSSR count). The highest BCUT2D eigenvalue weighted by Crippen LogP contribution is 2.37. The van der Waals surface area contributed by atoms with Gasteiger partial charge in [-0.25, -0.2) is 0 Å². The van der Waals surface area contributed by atoms with Crippen molar-refractivity contribution in [2.75, 3.05) is 6.61 Å². The van der Waals surface area contributed by atoms with Gasteiger partial charge in [-0.05, 0) is 38.5 Å². The highest BCUT2D eigenvalue weighted by atomic mass is 16.5. The Labute approximate surface area is 117 Å². The SMILES string of the molecule is CCOc1ccc2c(c1)C(=O)CC(C)(CCC(=O)O)O2. The zero-order valence-corrected chi connectivity index (χ0v) is 11.6. The minimum Gasteiger partial charge on any atom is -0.494 e. The summed E-state index contributed by atoms with van der Waals surface area (Å²) < 4.78 is 11.2. The van der Waals surface area contributed by atoms with Crippen molar-refractivity contribution in [3.8, 4) is 11.5 Å². The van der Waals surface area contributed by atoms with Crippen LogP contribution in [0.1, 0.15) is 43.5 Å². The van der Waals surface area contributed by atoms with E-state index in [-0.39, 0.29) is 18.6 Å². The average Bonchev–Trinajstić information content (AvgIpc) is 2.38. The Bertz CT molecular complexity index is 537.